The summed E-state index contributed by atoms with van der Waals surface area (Å²) in [6, 6.07) is 13.4. The molecule has 178 valence electrons. The number of benzene rings is 2. The number of hydrogen-bond donors (Lipinski definition) is 1. The number of hydrazone groups is 1. The third-order valence-corrected chi connectivity index (χ3v) is 7.18. The molecule has 0 aromatic heterocycles. The lowest BCUT2D eigenvalue weighted by atomic mass is 9.87. The molecule has 1 amide bonds. The number of hydrazine groups is 1. The number of carbonyl (C=O) groups excluding carboxylic acids is 1. The number of carbonyl (C=O) groups is 1. The van der Waals surface area contributed by atoms with Crippen molar-refractivity contribution >= 4 is 68.8 Å². The monoisotopic (exact) mass is 572 g/mol. The molecule has 2 aliphatic heterocycles. The molecule has 2 heterocycles. The third-order valence-electron chi connectivity index (χ3n) is 6.12. The van der Waals surface area contributed by atoms with Gasteiger partial charge in [0.2, 0.25) is 0 Å². The fourth-order valence-corrected chi connectivity index (χ4v) is 5.25. The van der Waals surface area contributed by atoms with Crippen molar-refractivity contribution in [2.24, 2.45) is 11.0 Å². The van der Waals surface area contributed by atoms with Gasteiger partial charge in [-0.2, -0.15) is 5.10 Å². The van der Waals surface area contributed by atoms with Crippen LogP contribution in [0.15, 0.2) is 52.0 Å². The second-order valence-corrected chi connectivity index (χ2v) is 10.0. The Balaban J connectivity index is 0.00000306. The molecule has 0 bridgehead atoms. The highest BCUT2D eigenvalue weighted by Crippen LogP contribution is 2.43. The molecule has 2 atom stereocenters. The molecule has 1 fully saturated rings. The Morgan fingerprint density at radius 2 is 1.76 bits per heavy atom. The highest BCUT2D eigenvalue weighted by Gasteiger charge is 2.42. The van der Waals surface area contributed by atoms with Crippen LogP contribution in [0, 0.1) is 5.92 Å². The molecule has 1 saturated heterocycles. The van der Waals surface area contributed by atoms with E-state index < -0.39 is 0 Å². The van der Waals surface area contributed by atoms with E-state index in [1.54, 1.807) is 12.1 Å². The Morgan fingerprint density at radius 3 is 2.36 bits per heavy atom. The number of rotatable bonds is 5. The molecule has 2 aromatic carbocycles. The second-order valence-electron chi connectivity index (χ2n) is 8.28. The number of halogens is 4. The summed E-state index contributed by atoms with van der Waals surface area (Å²) in [5.74, 6) is -0.205. The van der Waals surface area contributed by atoms with E-state index in [4.69, 9.17) is 28.3 Å². The highest BCUT2D eigenvalue weighted by molar-refractivity contribution is 9.10. The summed E-state index contributed by atoms with van der Waals surface area (Å²) in [6.45, 7) is 3.84. The minimum Gasteiger partial charge on any atom is -0.284 e. The molecule has 2 unspecified atom stereocenters. The zero-order chi connectivity index (χ0) is 22.7. The van der Waals surface area contributed by atoms with Crippen molar-refractivity contribution in [2.75, 3.05) is 18.1 Å². The second kappa shape index (κ2) is 11.9. The maximum Gasteiger partial charge on any atom is 0.282 e. The van der Waals surface area contributed by atoms with Crippen LogP contribution in [-0.4, -0.2) is 29.7 Å². The SMILES string of the molecule is CCC1C(C(=O)NN2CCCCCC2)=NN(c2ccc(Cl)cc2Cl)C1c1ccc(Br)cc1.Cl. The molecular weight excluding hydrogens is 547 g/mol. The van der Waals surface area contributed by atoms with Crippen molar-refractivity contribution in [3.63, 3.8) is 0 Å². The van der Waals surface area contributed by atoms with Gasteiger partial charge in [0, 0.05) is 28.5 Å². The molecule has 0 aliphatic carbocycles. The van der Waals surface area contributed by atoms with Gasteiger partial charge in [-0.15, -0.1) is 12.4 Å². The molecule has 2 aliphatic rings. The first kappa shape index (κ1) is 26.3. The van der Waals surface area contributed by atoms with Crippen molar-refractivity contribution in [1.82, 2.24) is 10.4 Å². The van der Waals surface area contributed by atoms with E-state index in [1.165, 1.54) is 12.8 Å². The van der Waals surface area contributed by atoms with E-state index >= 15 is 0 Å². The van der Waals surface area contributed by atoms with Gasteiger partial charge in [0.25, 0.3) is 5.91 Å². The van der Waals surface area contributed by atoms with E-state index in [9.17, 15) is 4.79 Å². The Morgan fingerprint density at radius 1 is 1.09 bits per heavy atom. The first-order valence-electron chi connectivity index (χ1n) is 11.1. The van der Waals surface area contributed by atoms with Crippen LogP contribution in [0.1, 0.15) is 50.6 Å². The normalized spacial score (nSPS) is 21.2. The number of amides is 1. The molecule has 0 radical (unpaired) electrons. The van der Waals surface area contributed by atoms with Crippen LogP contribution < -0.4 is 10.4 Å². The van der Waals surface area contributed by atoms with Crippen LogP contribution in [0.25, 0.3) is 0 Å². The zero-order valence-corrected chi connectivity index (χ0v) is 22.4. The van der Waals surface area contributed by atoms with Gasteiger partial charge in [-0.3, -0.25) is 15.2 Å². The molecule has 5 nitrogen and oxygen atoms in total. The van der Waals surface area contributed by atoms with Gasteiger partial charge in [-0.05, 0) is 55.2 Å². The maximum atomic E-state index is 13.4. The quantitative estimate of drug-likeness (QED) is 0.417. The average molecular weight is 575 g/mol. The predicted molar refractivity (Wildman–Crippen MR) is 142 cm³/mol. The molecule has 9 heteroatoms. The van der Waals surface area contributed by atoms with Crippen LogP contribution in [-0.2, 0) is 4.79 Å². The molecule has 33 heavy (non-hydrogen) atoms. The van der Waals surface area contributed by atoms with Gasteiger partial charge in [0.05, 0.1) is 16.8 Å². The molecular formula is C24H28BrCl3N4O. The Hall–Kier alpha value is -1.31. The minimum absolute atomic E-state index is 0. The van der Waals surface area contributed by atoms with Crippen LogP contribution in [0.3, 0.4) is 0 Å². The minimum atomic E-state index is -0.142. The molecule has 2 aromatic rings. The van der Waals surface area contributed by atoms with Crippen LogP contribution in [0.2, 0.25) is 10.0 Å². The Labute approximate surface area is 220 Å². The van der Waals surface area contributed by atoms with Gasteiger partial charge < -0.3 is 0 Å². The van der Waals surface area contributed by atoms with Crippen molar-refractivity contribution < 1.29 is 4.79 Å². The molecule has 0 saturated carbocycles. The standard InChI is InChI=1S/C24H27BrCl2N4O.ClH/c1-2-19-22(24(32)29-30-13-5-3-4-6-14-30)28-31(21-12-11-18(26)15-20(21)27)23(19)16-7-9-17(25)10-8-16;/h7-12,15,19,23H,2-6,13-14H2,1H3,(H,29,32);1H. The Kier molecular flexibility index (Phi) is 9.48. The summed E-state index contributed by atoms with van der Waals surface area (Å²) in [6.07, 6.45) is 5.38. The van der Waals surface area contributed by atoms with E-state index in [1.807, 2.05) is 28.2 Å². The lowest BCUT2D eigenvalue weighted by Gasteiger charge is -2.29. The van der Waals surface area contributed by atoms with Crippen LogP contribution in [0.5, 0.6) is 0 Å². The zero-order valence-electron chi connectivity index (χ0n) is 18.4. The van der Waals surface area contributed by atoms with E-state index in [0.717, 1.165) is 48.1 Å². The number of hydrogen-bond acceptors (Lipinski definition) is 4. The van der Waals surface area contributed by atoms with Crippen LogP contribution in [0.4, 0.5) is 5.69 Å². The largest absolute Gasteiger partial charge is 0.284 e. The predicted octanol–water partition coefficient (Wildman–Crippen LogP) is 7.03. The molecule has 4 rings (SSSR count). The average Bonchev–Trinajstić information content (AvgIpc) is 2.96. The highest BCUT2D eigenvalue weighted by atomic mass is 79.9. The number of nitrogens with one attached hydrogen (secondary N) is 1. The van der Waals surface area contributed by atoms with Gasteiger partial charge in [-0.1, -0.05) is 71.0 Å². The topological polar surface area (TPSA) is 47.9 Å². The molecule has 0 spiro atoms. The number of nitrogens with zero attached hydrogens (tertiary/aromatic N) is 3. The number of anilines is 1. The maximum absolute atomic E-state index is 13.4. The fraction of sp³-hybridized carbons (Fsp3) is 0.417. The third kappa shape index (κ3) is 6.04. The Bertz CT molecular complexity index is 994. The lowest BCUT2D eigenvalue weighted by molar-refractivity contribution is -0.119. The van der Waals surface area contributed by atoms with Crippen molar-refractivity contribution in [1.29, 1.82) is 0 Å². The summed E-state index contributed by atoms with van der Waals surface area (Å²) in [7, 11) is 0. The van der Waals surface area contributed by atoms with Crippen molar-refractivity contribution in [3.05, 3.63) is 62.5 Å². The van der Waals surface area contributed by atoms with Gasteiger partial charge in [-0.25, -0.2) is 5.01 Å². The smallest absolute Gasteiger partial charge is 0.282 e. The first-order chi connectivity index (χ1) is 15.5. The van der Waals surface area contributed by atoms with E-state index in [-0.39, 0.29) is 30.3 Å². The lowest BCUT2D eigenvalue weighted by Crippen LogP contribution is -2.47. The summed E-state index contributed by atoms with van der Waals surface area (Å²) in [4.78, 5) is 13.4. The van der Waals surface area contributed by atoms with Crippen LogP contribution >= 0.6 is 51.5 Å². The van der Waals surface area contributed by atoms with E-state index in [2.05, 4.69) is 40.4 Å². The van der Waals surface area contributed by atoms with Crippen molar-refractivity contribution in [3.8, 4) is 0 Å². The van der Waals surface area contributed by atoms with Crippen molar-refractivity contribution in [2.45, 2.75) is 45.1 Å². The van der Waals surface area contributed by atoms with E-state index in [0.29, 0.717) is 15.8 Å². The summed E-state index contributed by atoms with van der Waals surface area (Å²) < 4.78 is 1.00. The fourth-order valence-electron chi connectivity index (χ4n) is 4.49. The molecule has 1 N–H and O–H groups in total. The summed E-state index contributed by atoms with van der Waals surface area (Å²) in [5, 5.41) is 9.83. The van der Waals surface area contributed by atoms with Gasteiger partial charge in [0.15, 0.2) is 0 Å². The summed E-state index contributed by atoms with van der Waals surface area (Å²) >= 11 is 16.2. The first-order valence-corrected chi connectivity index (χ1v) is 12.7. The van der Waals surface area contributed by atoms with Gasteiger partial charge in [0.1, 0.15) is 5.71 Å². The summed E-state index contributed by atoms with van der Waals surface area (Å²) in [5.41, 5.74) is 5.47. The van der Waals surface area contributed by atoms with Gasteiger partial charge >= 0.3 is 0 Å².